The Bertz CT molecular complexity index is 531. The average Bonchev–Trinajstić information content (AvgIpc) is 2.45. The van der Waals surface area contributed by atoms with Crippen LogP contribution in [-0.2, 0) is 4.79 Å². The molecular weight excluding hydrogens is 288 g/mol. The molecule has 0 bridgehead atoms. The minimum atomic E-state index is -1.06. The van der Waals surface area contributed by atoms with E-state index in [0.29, 0.717) is 23.6 Å². The number of hydrogen-bond acceptors (Lipinski definition) is 4. The van der Waals surface area contributed by atoms with Crippen LogP contribution in [0.4, 0.5) is 10.5 Å². The van der Waals surface area contributed by atoms with Crippen LogP contribution in [0, 0.1) is 5.92 Å². The van der Waals surface area contributed by atoms with Crippen molar-refractivity contribution < 1.29 is 24.2 Å². The highest BCUT2D eigenvalue weighted by atomic mass is 16.5. The maximum absolute atomic E-state index is 11.9. The van der Waals surface area contributed by atoms with E-state index in [9.17, 15) is 9.59 Å². The number of anilines is 1. The number of carboxylic acid groups (broad SMARTS) is 1. The molecular formula is C15H22N2O5. The molecule has 1 rings (SSSR count). The fraction of sp³-hybridized carbons (Fsp3) is 0.467. The first-order chi connectivity index (χ1) is 10.4. The van der Waals surface area contributed by atoms with E-state index >= 15 is 0 Å². The van der Waals surface area contributed by atoms with Crippen LogP contribution < -0.4 is 20.1 Å². The molecule has 7 nitrogen and oxygen atoms in total. The van der Waals surface area contributed by atoms with Gasteiger partial charge >= 0.3 is 12.0 Å². The van der Waals surface area contributed by atoms with Gasteiger partial charge in [-0.25, -0.2) is 9.59 Å². The zero-order valence-corrected chi connectivity index (χ0v) is 13.2. The molecule has 1 atom stereocenters. The maximum Gasteiger partial charge on any atom is 0.326 e. The van der Waals surface area contributed by atoms with Gasteiger partial charge in [-0.3, -0.25) is 0 Å². The van der Waals surface area contributed by atoms with Gasteiger partial charge in [0.1, 0.15) is 6.04 Å². The number of ether oxygens (including phenoxy) is 2. The first kappa shape index (κ1) is 17.6. The lowest BCUT2D eigenvalue weighted by Gasteiger charge is -2.17. The van der Waals surface area contributed by atoms with Crippen molar-refractivity contribution in [2.75, 3.05) is 19.5 Å². The fourth-order valence-corrected chi connectivity index (χ4v) is 1.93. The van der Waals surface area contributed by atoms with Gasteiger partial charge in [0.15, 0.2) is 11.5 Å². The van der Waals surface area contributed by atoms with Gasteiger partial charge in [0.2, 0.25) is 0 Å². The van der Waals surface area contributed by atoms with Gasteiger partial charge < -0.3 is 25.2 Å². The maximum atomic E-state index is 11.9. The monoisotopic (exact) mass is 310 g/mol. The minimum Gasteiger partial charge on any atom is -0.493 e. The zero-order valence-electron chi connectivity index (χ0n) is 13.2. The number of carbonyl (C=O) groups is 2. The summed E-state index contributed by atoms with van der Waals surface area (Å²) in [6.07, 6.45) is 0.356. The van der Waals surface area contributed by atoms with Gasteiger partial charge in [0, 0.05) is 11.8 Å². The second kappa shape index (κ2) is 8.11. The summed E-state index contributed by atoms with van der Waals surface area (Å²) in [5.74, 6) is 0.104. The molecule has 0 radical (unpaired) electrons. The Hall–Kier alpha value is -2.44. The van der Waals surface area contributed by atoms with Crippen molar-refractivity contribution in [3.8, 4) is 11.5 Å². The molecule has 0 aliphatic rings. The molecule has 0 saturated heterocycles. The molecule has 0 saturated carbocycles. The Balaban J connectivity index is 2.73. The van der Waals surface area contributed by atoms with Gasteiger partial charge in [-0.05, 0) is 24.5 Å². The molecule has 0 aromatic heterocycles. The SMILES string of the molecule is COc1ccc(NC(=O)NC(CC(C)C)C(=O)O)cc1OC. The molecule has 1 unspecified atom stereocenters. The van der Waals surface area contributed by atoms with Crippen LogP contribution in [0.15, 0.2) is 18.2 Å². The molecule has 0 aliphatic heterocycles. The topological polar surface area (TPSA) is 96.9 Å². The summed E-state index contributed by atoms with van der Waals surface area (Å²) in [5.41, 5.74) is 0.476. The summed E-state index contributed by atoms with van der Waals surface area (Å²) in [6.45, 7) is 3.79. The predicted octanol–water partition coefficient (Wildman–Crippen LogP) is 2.32. The summed E-state index contributed by atoms with van der Waals surface area (Å²) in [4.78, 5) is 23.0. The second-order valence-electron chi connectivity index (χ2n) is 5.19. The van der Waals surface area contributed by atoms with Crippen molar-refractivity contribution in [2.24, 2.45) is 5.92 Å². The van der Waals surface area contributed by atoms with Gasteiger partial charge in [-0.15, -0.1) is 0 Å². The quantitative estimate of drug-likeness (QED) is 0.718. The number of nitrogens with one attached hydrogen (secondary N) is 2. The van der Waals surface area contributed by atoms with Crippen molar-refractivity contribution in [1.29, 1.82) is 0 Å². The van der Waals surface area contributed by atoms with E-state index in [1.807, 2.05) is 13.8 Å². The molecule has 0 fully saturated rings. The van der Waals surface area contributed by atoms with E-state index < -0.39 is 18.0 Å². The summed E-state index contributed by atoms with van der Waals surface area (Å²) in [6, 6.07) is 3.37. The Kier molecular flexibility index (Phi) is 6.49. The number of methoxy groups -OCH3 is 2. The number of urea groups is 1. The zero-order chi connectivity index (χ0) is 16.7. The summed E-state index contributed by atoms with van der Waals surface area (Å²) in [7, 11) is 3.01. The number of aliphatic carboxylic acids is 1. The molecule has 3 N–H and O–H groups in total. The number of rotatable bonds is 7. The summed E-state index contributed by atoms with van der Waals surface area (Å²) < 4.78 is 10.2. The van der Waals surface area contributed by atoms with Crippen LogP contribution in [0.5, 0.6) is 11.5 Å². The van der Waals surface area contributed by atoms with Gasteiger partial charge in [-0.1, -0.05) is 13.8 Å². The number of carboxylic acids is 1. The average molecular weight is 310 g/mol. The lowest BCUT2D eigenvalue weighted by atomic mass is 10.0. The van der Waals surface area contributed by atoms with Crippen molar-refractivity contribution in [1.82, 2.24) is 5.32 Å². The third kappa shape index (κ3) is 5.16. The summed E-state index contributed by atoms with van der Waals surface area (Å²) in [5, 5.41) is 14.1. The highest BCUT2D eigenvalue weighted by Crippen LogP contribution is 2.29. The lowest BCUT2D eigenvalue weighted by molar-refractivity contribution is -0.139. The van der Waals surface area contributed by atoms with Crippen molar-refractivity contribution in [2.45, 2.75) is 26.3 Å². The highest BCUT2D eigenvalue weighted by molar-refractivity contribution is 5.92. The molecule has 2 amide bonds. The van der Waals surface area contributed by atoms with Crippen molar-refractivity contribution in [3.05, 3.63) is 18.2 Å². The number of benzene rings is 1. The van der Waals surface area contributed by atoms with Gasteiger partial charge in [-0.2, -0.15) is 0 Å². The van der Waals surface area contributed by atoms with Crippen molar-refractivity contribution >= 4 is 17.7 Å². The molecule has 0 aliphatic carbocycles. The van der Waals surface area contributed by atoms with E-state index in [4.69, 9.17) is 14.6 Å². The predicted molar refractivity (Wildman–Crippen MR) is 82.6 cm³/mol. The van der Waals surface area contributed by atoms with Crippen molar-refractivity contribution in [3.63, 3.8) is 0 Å². The third-order valence-corrected chi connectivity index (χ3v) is 2.95. The van der Waals surface area contributed by atoms with Crippen LogP contribution in [0.1, 0.15) is 20.3 Å². The molecule has 0 heterocycles. The smallest absolute Gasteiger partial charge is 0.326 e. The molecule has 22 heavy (non-hydrogen) atoms. The second-order valence-corrected chi connectivity index (χ2v) is 5.19. The van der Waals surface area contributed by atoms with E-state index in [1.54, 1.807) is 18.2 Å². The minimum absolute atomic E-state index is 0.155. The van der Waals surface area contributed by atoms with Gasteiger partial charge in [0.25, 0.3) is 0 Å². The number of hydrogen-bond donors (Lipinski definition) is 3. The third-order valence-electron chi connectivity index (χ3n) is 2.95. The largest absolute Gasteiger partial charge is 0.493 e. The molecule has 122 valence electrons. The van der Waals surface area contributed by atoms with E-state index in [1.165, 1.54) is 14.2 Å². The Morgan fingerprint density at radius 1 is 1.18 bits per heavy atom. The Morgan fingerprint density at radius 3 is 2.32 bits per heavy atom. The molecule has 1 aromatic rings. The van der Waals surface area contributed by atoms with Crippen LogP contribution in [0.3, 0.4) is 0 Å². The van der Waals surface area contributed by atoms with Crippen LogP contribution >= 0.6 is 0 Å². The van der Waals surface area contributed by atoms with Crippen LogP contribution in [0.2, 0.25) is 0 Å². The van der Waals surface area contributed by atoms with Crippen LogP contribution in [0.25, 0.3) is 0 Å². The number of carbonyl (C=O) groups excluding carboxylic acids is 1. The molecule has 7 heteroatoms. The summed E-state index contributed by atoms with van der Waals surface area (Å²) >= 11 is 0. The van der Waals surface area contributed by atoms with E-state index in [2.05, 4.69) is 10.6 Å². The van der Waals surface area contributed by atoms with Gasteiger partial charge in [0.05, 0.1) is 14.2 Å². The Morgan fingerprint density at radius 2 is 1.82 bits per heavy atom. The fourth-order valence-electron chi connectivity index (χ4n) is 1.93. The first-order valence-corrected chi connectivity index (χ1v) is 6.89. The molecule has 1 aromatic carbocycles. The lowest BCUT2D eigenvalue weighted by Crippen LogP contribution is -2.43. The van der Waals surface area contributed by atoms with Crippen LogP contribution in [-0.4, -0.2) is 37.4 Å². The molecule has 0 spiro atoms. The standard InChI is InChI=1S/C15H22N2O5/c1-9(2)7-11(14(18)19)17-15(20)16-10-5-6-12(21-3)13(8-10)22-4/h5-6,8-9,11H,7H2,1-4H3,(H,18,19)(H2,16,17,20). The highest BCUT2D eigenvalue weighted by Gasteiger charge is 2.21. The Labute approximate surface area is 129 Å². The number of amides is 2. The van der Waals surface area contributed by atoms with E-state index in [0.717, 1.165) is 0 Å². The van der Waals surface area contributed by atoms with E-state index in [-0.39, 0.29) is 5.92 Å². The normalized spacial score (nSPS) is 11.7. The first-order valence-electron chi connectivity index (χ1n) is 6.89.